The van der Waals surface area contributed by atoms with Gasteiger partial charge in [-0.1, -0.05) is 41.5 Å². The quantitative estimate of drug-likeness (QED) is 0.269. The molecule has 0 saturated carbocycles. The Hall–Kier alpha value is -4.18. The van der Waals surface area contributed by atoms with Crippen molar-refractivity contribution in [2.45, 2.75) is 31.6 Å². The molecule has 2 aromatic carbocycles. The Bertz CT molecular complexity index is 1230. The van der Waals surface area contributed by atoms with Crippen LogP contribution in [0.4, 0.5) is 5.69 Å². The smallest absolute Gasteiger partial charge is 0.275 e. The van der Waals surface area contributed by atoms with E-state index in [-0.39, 0.29) is 36.4 Å². The number of oxazole rings is 1. The van der Waals surface area contributed by atoms with E-state index in [1.807, 2.05) is 12.1 Å². The molecule has 11 heteroatoms. The van der Waals surface area contributed by atoms with E-state index in [9.17, 15) is 19.8 Å². The molecule has 3 N–H and O–H groups in total. The van der Waals surface area contributed by atoms with Crippen molar-refractivity contribution in [1.82, 2.24) is 15.2 Å². The van der Waals surface area contributed by atoms with Gasteiger partial charge in [0.2, 0.25) is 11.8 Å². The molecule has 1 aliphatic heterocycles. The molecule has 2 heterocycles. The van der Waals surface area contributed by atoms with Gasteiger partial charge in [-0.15, -0.1) is 0 Å². The van der Waals surface area contributed by atoms with E-state index in [1.165, 1.54) is 11.2 Å². The molecule has 3 aromatic rings. The van der Waals surface area contributed by atoms with Gasteiger partial charge in [-0.3, -0.25) is 9.59 Å². The number of azide groups is 1. The van der Waals surface area contributed by atoms with Crippen LogP contribution in [-0.2, 0) is 17.8 Å². The standard InChI is InChI=1S/C24H24N6O5/c25-29-28-18-7-3-15(4-8-18)11-22(33)26-12-16-1-5-17(6-2-16)23-27-19(14-35-23)24(34)30-10-9-20(31)21(32)13-30/h1-8,14,20-21,31-32H,9-13H2,(H,26,33). The Morgan fingerprint density at radius 3 is 2.51 bits per heavy atom. The second-order valence-corrected chi connectivity index (χ2v) is 8.22. The summed E-state index contributed by atoms with van der Waals surface area (Å²) in [5.41, 5.74) is 11.4. The van der Waals surface area contributed by atoms with Gasteiger partial charge in [-0.25, -0.2) is 4.98 Å². The molecule has 1 aliphatic rings. The summed E-state index contributed by atoms with van der Waals surface area (Å²) in [6.07, 6.45) is -0.0137. The van der Waals surface area contributed by atoms with Gasteiger partial charge in [0.25, 0.3) is 5.91 Å². The SMILES string of the molecule is [N-]=[N+]=Nc1ccc(CC(=O)NCc2ccc(-c3nc(C(=O)N4CCC(O)C(O)C4)co3)cc2)cc1. The fourth-order valence-electron chi connectivity index (χ4n) is 3.72. The highest BCUT2D eigenvalue weighted by Crippen LogP contribution is 2.21. The van der Waals surface area contributed by atoms with Gasteiger partial charge in [0.1, 0.15) is 6.26 Å². The van der Waals surface area contributed by atoms with Crippen LogP contribution in [0.5, 0.6) is 0 Å². The summed E-state index contributed by atoms with van der Waals surface area (Å²) in [5.74, 6) is -0.222. The normalized spacial score (nSPS) is 17.5. The average molecular weight is 476 g/mol. The largest absolute Gasteiger partial charge is 0.444 e. The lowest BCUT2D eigenvalue weighted by molar-refractivity contribution is -0.120. The summed E-state index contributed by atoms with van der Waals surface area (Å²) < 4.78 is 5.47. The molecular weight excluding hydrogens is 452 g/mol. The fourth-order valence-corrected chi connectivity index (χ4v) is 3.72. The lowest BCUT2D eigenvalue weighted by atomic mass is 10.0. The van der Waals surface area contributed by atoms with E-state index < -0.39 is 12.2 Å². The van der Waals surface area contributed by atoms with E-state index in [0.717, 1.165) is 11.1 Å². The Morgan fingerprint density at radius 1 is 1.11 bits per heavy atom. The number of nitrogens with one attached hydrogen (secondary N) is 1. The fraction of sp³-hybridized carbons (Fsp3) is 0.292. The minimum atomic E-state index is -0.975. The van der Waals surface area contributed by atoms with Crippen molar-refractivity contribution in [2.75, 3.05) is 13.1 Å². The number of amides is 2. The Labute approximate surface area is 200 Å². The molecule has 1 saturated heterocycles. The van der Waals surface area contributed by atoms with Gasteiger partial charge in [0.05, 0.1) is 18.6 Å². The predicted molar refractivity (Wildman–Crippen MR) is 125 cm³/mol. The number of rotatable bonds is 7. The number of hydrogen-bond donors (Lipinski definition) is 3. The monoisotopic (exact) mass is 476 g/mol. The van der Waals surface area contributed by atoms with Crippen LogP contribution in [0.3, 0.4) is 0 Å². The topological polar surface area (TPSA) is 165 Å². The first-order valence-electron chi connectivity index (χ1n) is 11.0. The number of piperidine rings is 1. The van der Waals surface area contributed by atoms with E-state index in [1.54, 1.807) is 36.4 Å². The highest BCUT2D eigenvalue weighted by atomic mass is 16.3. The van der Waals surface area contributed by atoms with Crippen molar-refractivity contribution in [1.29, 1.82) is 0 Å². The molecule has 1 fully saturated rings. The molecule has 0 aliphatic carbocycles. The molecule has 2 atom stereocenters. The van der Waals surface area contributed by atoms with Crippen molar-refractivity contribution in [3.05, 3.63) is 82.1 Å². The van der Waals surface area contributed by atoms with Crippen molar-refractivity contribution < 1.29 is 24.2 Å². The average Bonchev–Trinajstić information content (AvgIpc) is 3.36. The van der Waals surface area contributed by atoms with Crippen LogP contribution in [0.1, 0.15) is 28.0 Å². The summed E-state index contributed by atoms with van der Waals surface area (Å²) in [5, 5.41) is 25.8. The maximum absolute atomic E-state index is 12.6. The third-order valence-electron chi connectivity index (χ3n) is 5.71. The number of likely N-dealkylation sites (tertiary alicyclic amines) is 1. The number of aromatic nitrogens is 1. The molecule has 2 amide bonds. The maximum Gasteiger partial charge on any atom is 0.275 e. The van der Waals surface area contributed by atoms with Crippen molar-refractivity contribution in [2.24, 2.45) is 5.11 Å². The zero-order valence-electron chi connectivity index (χ0n) is 18.7. The lowest BCUT2D eigenvalue weighted by Crippen LogP contribution is -2.49. The van der Waals surface area contributed by atoms with Gasteiger partial charge in [-0.05, 0) is 35.2 Å². The highest BCUT2D eigenvalue weighted by molar-refractivity contribution is 5.92. The van der Waals surface area contributed by atoms with E-state index in [4.69, 9.17) is 9.95 Å². The molecule has 4 rings (SSSR count). The van der Waals surface area contributed by atoms with Crippen LogP contribution in [0.25, 0.3) is 21.9 Å². The number of carbonyl (C=O) groups is 2. The second-order valence-electron chi connectivity index (χ2n) is 8.22. The van der Waals surface area contributed by atoms with Gasteiger partial charge >= 0.3 is 0 Å². The summed E-state index contributed by atoms with van der Waals surface area (Å²) in [7, 11) is 0. The lowest BCUT2D eigenvalue weighted by Gasteiger charge is -2.32. The van der Waals surface area contributed by atoms with E-state index >= 15 is 0 Å². The summed E-state index contributed by atoms with van der Waals surface area (Å²) in [6.45, 7) is 0.721. The number of aliphatic hydroxyl groups is 2. The molecule has 35 heavy (non-hydrogen) atoms. The zero-order valence-corrected chi connectivity index (χ0v) is 18.7. The number of hydrogen-bond acceptors (Lipinski definition) is 7. The first-order valence-corrected chi connectivity index (χ1v) is 11.0. The summed E-state index contributed by atoms with van der Waals surface area (Å²) in [6, 6.07) is 14.0. The van der Waals surface area contributed by atoms with Crippen molar-refractivity contribution in [3.63, 3.8) is 0 Å². The second kappa shape index (κ2) is 10.8. The number of carbonyl (C=O) groups excluding carboxylic acids is 2. The molecule has 180 valence electrons. The first-order chi connectivity index (χ1) is 16.9. The maximum atomic E-state index is 12.6. The van der Waals surface area contributed by atoms with Crippen LogP contribution in [-0.4, -0.2) is 57.2 Å². The number of benzene rings is 2. The van der Waals surface area contributed by atoms with Crippen LogP contribution in [0, 0.1) is 0 Å². The highest BCUT2D eigenvalue weighted by Gasteiger charge is 2.30. The van der Waals surface area contributed by atoms with E-state index in [2.05, 4.69) is 20.3 Å². The van der Waals surface area contributed by atoms with Gasteiger partial charge < -0.3 is 24.8 Å². The molecule has 0 spiro atoms. The van der Waals surface area contributed by atoms with Crippen LogP contribution >= 0.6 is 0 Å². The molecule has 0 bridgehead atoms. The Morgan fingerprint density at radius 2 is 1.83 bits per heavy atom. The number of aliphatic hydroxyl groups excluding tert-OH is 2. The van der Waals surface area contributed by atoms with Gasteiger partial charge in [-0.2, -0.15) is 0 Å². The van der Waals surface area contributed by atoms with Crippen molar-refractivity contribution in [3.8, 4) is 11.5 Å². The zero-order chi connectivity index (χ0) is 24.8. The molecule has 11 nitrogen and oxygen atoms in total. The summed E-state index contributed by atoms with van der Waals surface area (Å²) in [4.78, 5) is 33.3. The van der Waals surface area contributed by atoms with Crippen LogP contribution in [0.15, 0.2) is 64.3 Å². The minimum absolute atomic E-state index is 0.0453. The van der Waals surface area contributed by atoms with E-state index in [0.29, 0.717) is 30.8 Å². The van der Waals surface area contributed by atoms with Crippen LogP contribution in [0.2, 0.25) is 0 Å². The number of nitrogens with zero attached hydrogens (tertiary/aromatic N) is 5. The third kappa shape index (κ3) is 6.04. The Balaban J connectivity index is 1.30. The summed E-state index contributed by atoms with van der Waals surface area (Å²) >= 11 is 0. The molecule has 1 aromatic heterocycles. The minimum Gasteiger partial charge on any atom is -0.444 e. The number of β-amino-alcohol motifs (C(OH)–C–C–N with tert-alkyl or cyclic N) is 1. The van der Waals surface area contributed by atoms with Crippen LogP contribution < -0.4 is 5.32 Å². The van der Waals surface area contributed by atoms with Gasteiger partial charge in [0, 0.05) is 35.8 Å². The predicted octanol–water partition coefficient (Wildman–Crippen LogP) is 2.71. The van der Waals surface area contributed by atoms with Crippen molar-refractivity contribution >= 4 is 17.5 Å². The van der Waals surface area contributed by atoms with Gasteiger partial charge in [0.15, 0.2) is 5.69 Å². The molecule has 0 radical (unpaired) electrons. The molecule has 2 unspecified atom stereocenters. The third-order valence-corrected chi connectivity index (χ3v) is 5.71. The Kier molecular flexibility index (Phi) is 7.41. The first kappa shape index (κ1) is 24.0. The molecular formula is C24H24N6O5.